The number of nitrogens with zero attached hydrogens (tertiary/aromatic N) is 2. The van der Waals surface area contributed by atoms with Gasteiger partial charge in [0.25, 0.3) is 5.91 Å². The largest absolute Gasteiger partial charge is 0.397 e. The molecule has 1 aromatic carbocycles. The molecule has 2 aliphatic rings. The van der Waals surface area contributed by atoms with Crippen molar-refractivity contribution in [3.05, 3.63) is 53.0 Å². The molecule has 1 aliphatic heterocycles. The van der Waals surface area contributed by atoms with Crippen LogP contribution in [0, 0.1) is 0 Å². The summed E-state index contributed by atoms with van der Waals surface area (Å²) >= 11 is 1.34. The van der Waals surface area contributed by atoms with Gasteiger partial charge in [0.2, 0.25) is 0 Å². The average Bonchev–Trinajstić information content (AvgIpc) is 3.10. The molecule has 1 saturated heterocycles. The van der Waals surface area contributed by atoms with Crippen molar-refractivity contribution in [2.24, 2.45) is 0 Å². The maximum atomic E-state index is 12.6. The fraction of sp³-hybridized carbons (Fsp3) is 0.391. The van der Waals surface area contributed by atoms with Gasteiger partial charge in [0, 0.05) is 43.4 Å². The highest BCUT2D eigenvalue weighted by Gasteiger charge is 2.43. The first-order valence-electron chi connectivity index (χ1n) is 10.6. The molecule has 0 bridgehead atoms. The van der Waals surface area contributed by atoms with Crippen molar-refractivity contribution < 1.29 is 4.79 Å². The Labute approximate surface area is 180 Å². The van der Waals surface area contributed by atoms with E-state index in [2.05, 4.69) is 44.8 Å². The van der Waals surface area contributed by atoms with Crippen LogP contribution in [0.4, 0.5) is 11.4 Å². The number of pyridine rings is 1. The number of nitrogens with one attached hydrogen (secondary N) is 2. The number of anilines is 2. The Hall–Kier alpha value is -2.64. The minimum absolute atomic E-state index is 0.125. The van der Waals surface area contributed by atoms with Crippen LogP contribution in [0.2, 0.25) is 0 Å². The smallest absolute Gasteiger partial charge is 0.263 e. The van der Waals surface area contributed by atoms with Crippen molar-refractivity contribution in [2.75, 3.05) is 36.8 Å². The van der Waals surface area contributed by atoms with Crippen molar-refractivity contribution in [3.8, 4) is 0 Å². The Morgan fingerprint density at radius 1 is 1.27 bits per heavy atom. The van der Waals surface area contributed by atoms with Crippen LogP contribution in [0.5, 0.6) is 0 Å². The van der Waals surface area contributed by atoms with Gasteiger partial charge >= 0.3 is 0 Å². The standard InChI is InChI=1S/C23H27N5OS/c24-19-18-3-1-11-27-22(18)30-20(19)21(29)26-12-8-16-4-6-17(7-5-16)28-14-13-25-15-23(28)9-2-10-23/h1,3-7,11,25H,2,8-10,12-15,24H2,(H,26,29). The number of carbonyl (C=O) groups excluding carboxylic acids is 1. The molecule has 4 N–H and O–H groups in total. The van der Waals surface area contributed by atoms with E-state index in [9.17, 15) is 4.79 Å². The number of benzene rings is 1. The van der Waals surface area contributed by atoms with Crippen LogP contribution in [0.25, 0.3) is 10.2 Å². The number of nitrogens with two attached hydrogens (primary N) is 1. The van der Waals surface area contributed by atoms with Crippen molar-refractivity contribution >= 4 is 38.8 Å². The molecule has 1 spiro atoms. The lowest BCUT2D eigenvalue weighted by molar-refractivity contribution is 0.0959. The molecule has 0 unspecified atom stereocenters. The highest BCUT2D eigenvalue weighted by molar-refractivity contribution is 7.21. The fourth-order valence-electron chi connectivity index (χ4n) is 4.64. The zero-order chi connectivity index (χ0) is 20.6. The zero-order valence-electron chi connectivity index (χ0n) is 17.0. The van der Waals surface area contributed by atoms with Gasteiger partial charge in [0.15, 0.2) is 0 Å². The molecule has 3 aromatic rings. The van der Waals surface area contributed by atoms with Gasteiger partial charge in [-0.25, -0.2) is 4.98 Å². The van der Waals surface area contributed by atoms with Crippen LogP contribution < -0.4 is 21.3 Å². The predicted octanol–water partition coefficient (Wildman–Crippen LogP) is 3.18. The second kappa shape index (κ2) is 7.89. The summed E-state index contributed by atoms with van der Waals surface area (Å²) in [7, 11) is 0. The molecule has 2 fully saturated rings. The number of amides is 1. The quantitative estimate of drug-likeness (QED) is 0.589. The summed E-state index contributed by atoms with van der Waals surface area (Å²) in [5.41, 5.74) is 9.53. The lowest BCUT2D eigenvalue weighted by atomic mass is 9.74. The Bertz CT molecular complexity index is 1060. The van der Waals surface area contributed by atoms with Crippen LogP contribution >= 0.6 is 11.3 Å². The van der Waals surface area contributed by atoms with Crippen LogP contribution in [0.1, 0.15) is 34.5 Å². The molecule has 1 amide bonds. The first-order valence-corrected chi connectivity index (χ1v) is 11.5. The van der Waals surface area contributed by atoms with Gasteiger partial charge in [-0.2, -0.15) is 0 Å². The molecule has 3 heterocycles. The summed E-state index contributed by atoms with van der Waals surface area (Å²) in [6.45, 7) is 3.79. The summed E-state index contributed by atoms with van der Waals surface area (Å²) in [6.07, 6.45) is 6.41. The third-order valence-corrected chi connectivity index (χ3v) is 7.61. The second-order valence-corrected chi connectivity index (χ2v) is 9.28. The highest BCUT2D eigenvalue weighted by atomic mass is 32.1. The minimum Gasteiger partial charge on any atom is -0.397 e. The lowest BCUT2D eigenvalue weighted by Gasteiger charge is -2.54. The number of thiophene rings is 1. The first kappa shape index (κ1) is 19.3. The van der Waals surface area contributed by atoms with Crippen molar-refractivity contribution in [2.45, 2.75) is 31.2 Å². The van der Waals surface area contributed by atoms with Crippen molar-refractivity contribution in [3.63, 3.8) is 0 Å². The second-order valence-electron chi connectivity index (χ2n) is 8.28. The van der Waals surface area contributed by atoms with Crippen LogP contribution in [0.3, 0.4) is 0 Å². The number of aromatic nitrogens is 1. The molecular weight excluding hydrogens is 394 g/mol. The van der Waals surface area contributed by atoms with Crippen LogP contribution in [0.15, 0.2) is 42.6 Å². The average molecular weight is 422 g/mol. The molecule has 0 atom stereocenters. The molecule has 30 heavy (non-hydrogen) atoms. The van der Waals surface area contributed by atoms with E-state index in [0.717, 1.165) is 36.3 Å². The SMILES string of the molecule is Nc1c(C(=O)NCCc2ccc(N3CCNCC34CCC4)cc2)sc2ncccc12. The van der Waals surface area contributed by atoms with E-state index in [1.54, 1.807) is 6.20 Å². The van der Waals surface area contributed by atoms with E-state index in [-0.39, 0.29) is 5.91 Å². The third-order valence-electron chi connectivity index (χ3n) is 6.48. The molecule has 6 nitrogen and oxygen atoms in total. The number of hydrogen-bond acceptors (Lipinski definition) is 6. The highest BCUT2D eigenvalue weighted by Crippen LogP contribution is 2.41. The fourth-order valence-corrected chi connectivity index (χ4v) is 5.62. The van der Waals surface area contributed by atoms with E-state index in [1.807, 2.05) is 12.1 Å². The molecule has 1 aliphatic carbocycles. The number of fused-ring (bicyclic) bond motifs is 1. The molecule has 5 rings (SSSR count). The van der Waals surface area contributed by atoms with E-state index in [4.69, 9.17) is 5.73 Å². The number of piperazine rings is 1. The van der Waals surface area contributed by atoms with Gasteiger partial charge < -0.3 is 21.3 Å². The molecule has 0 radical (unpaired) electrons. The van der Waals surface area contributed by atoms with Gasteiger partial charge in [-0.1, -0.05) is 12.1 Å². The summed E-state index contributed by atoms with van der Waals surface area (Å²) in [6, 6.07) is 12.6. The minimum atomic E-state index is -0.125. The summed E-state index contributed by atoms with van der Waals surface area (Å²) in [5.74, 6) is -0.125. The molecule has 7 heteroatoms. The van der Waals surface area contributed by atoms with Gasteiger partial charge in [-0.15, -0.1) is 11.3 Å². The number of hydrogen-bond donors (Lipinski definition) is 3. The molecular formula is C23H27N5OS. The molecule has 2 aromatic heterocycles. The number of rotatable bonds is 5. The van der Waals surface area contributed by atoms with Crippen LogP contribution in [-0.4, -0.2) is 42.6 Å². The monoisotopic (exact) mass is 421 g/mol. The molecule has 156 valence electrons. The third kappa shape index (κ3) is 3.42. The molecule has 1 saturated carbocycles. The van der Waals surface area contributed by atoms with E-state index in [1.165, 1.54) is 41.9 Å². The van der Waals surface area contributed by atoms with Crippen LogP contribution in [-0.2, 0) is 6.42 Å². The summed E-state index contributed by atoms with van der Waals surface area (Å²) in [4.78, 5) is 20.8. The maximum Gasteiger partial charge on any atom is 0.263 e. The Kier molecular flexibility index (Phi) is 5.08. The Balaban J connectivity index is 1.20. The van der Waals surface area contributed by atoms with Crippen molar-refractivity contribution in [1.29, 1.82) is 0 Å². The summed E-state index contributed by atoms with van der Waals surface area (Å²) < 4.78 is 0. The van der Waals surface area contributed by atoms with E-state index >= 15 is 0 Å². The normalized spacial score (nSPS) is 17.8. The Morgan fingerprint density at radius 3 is 2.83 bits per heavy atom. The van der Waals surface area contributed by atoms with Gasteiger partial charge in [-0.3, -0.25) is 4.79 Å². The van der Waals surface area contributed by atoms with Gasteiger partial charge in [-0.05, 0) is 55.5 Å². The topological polar surface area (TPSA) is 83.3 Å². The van der Waals surface area contributed by atoms with E-state index < -0.39 is 0 Å². The lowest BCUT2D eigenvalue weighted by Crippen LogP contribution is -2.65. The maximum absolute atomic E-state index is 12.6. The van der Waals surface area contributed by atoms with Gasteiger partial charge in [0.05, 0.1) is 11.2 Å². The first-order chi connectivity index (χ1) is 14.7. The van der Waals surface area contributed by atoms with Gasteiger partial charge in [0.1, 0.15) is 9.71 Å². The number of nitrogen functional groups attached to an aromatic ring is 1. The zero-order valence-corrected chi connectivity index (χ0v) is 17.8. The summed E-state index contributed by atoms with van der Waals surface area (Å²) in [5, 5.41) is 7.41. The predicted molar refractivity (Wildman–Crippen MR) is 123 cm³/mol. The van der Waals surface area contributed by atoms with Crippen molar-refractivity contribution in [1.82, 2.24) is 15.6 Å². The Morgan fingerprint density at radius 2 is 2.10 bits per heavy atom. The van der Waals surface area contributed by atoms with E-state index in [0.29, 0.717) is 22.6 Å². The number of carbonyl (C=O) groups is 1.